The molecule has 0 atom stereocenters. The van der Waals surface area contributed by atoms with E-state index in [4.69, 9.17) is 9.96 Å². The molecule has 0 aliphatic carbocycles. The number of ketones is 1. The number of carbonyl (C=O) groups is 1. The molecule has 0 N–H and O–H groups in total. The SMILES string of the molecule is Cc1cc(C(=O)CN=[N+]=[N-])c(O[Si])c(C)c1C(C)(C)C. The largest absolute Gasteiger partial charge is 0.540 e. The molecule has 1 aromatic carbocycles. The molecule has 20 heavy (non-hydrogen) atoms. The van der Waals surface area contributed by atoms with Crippen molar-refractivity contribution in [1.82, 2.24) is 0 Å². The van der Waals surface area contributed by atoms with Gasteiger partial charge in [-0.25, -0.2) is 0 Å². The molecular formula is C14H18N3O2Si. The Labute approximate surface area is 122 Å². The second kappa shape index (κ2) is 6.11. The van der Waals surface area contributed by atoms with Gasteiger partial charge in [0.05, 0.1) is 12.1 Å². The van der Waals surface area contributed by atoms with E-state index in [-0.39, 0.29) is 17.7 Å². The summed E-state index contributed by atoms with van der Waals surface area (Å²) in [5, 5.41) is 3.31. The number of hydrogen-bond acceptors (Lipinski definition) is 3. The lowest BCUT2D eigenvalue weighted by Crippen LogP contribution is -2.18. The van der Waals surface area contributed by atoms with Gasteiger partial charge in [0.15, 0.2) is 5.78 Å². The minimum absolute atomic E-state index is 0.0555. The normalized spacial score (nSPS) is 10.9. The average molecular weight is 288 g/mol. The molecule has 0 saturated carbocycles. The molecule has 5 nitrogen and oxygen atoms in total. The van der Waals surface area contributed by atoms with Gasteiger partial charge >= 0.3 is 10.5 Å². The molecule has 0 amide bonds. The highest BCUT2D eigenvalue weighted by Crippen LogP contribution is 2.36. The Morgan fingerprint density at radius 1 is 1.45 bits per heavy atom. The molecule has 0 saturated heterocycles. The van der Waals surface area contributed by atoms with Crippen LogP contribution < -0.4 is 4.43 Å². The third-order valence-electron chi connectivity index (χ3n) is 3.15. The predicted octanol–water partition coefficient (Wildman–Crippen LogP) is 3.56. The van der Waals surface area contributed by atoms with Crippen LogP contribution in [0.15, 0.2) is 11.2 Å². The maximum atomic E-state index is 12.1. The van der Waals surface area contributed by atoms with Crippen molar-refractivity contribution in [3.63, 3.8) is 0 Å². The van der Waals surface area contributed by atoms with Crippen LogP contribution in [0.2, 0.25) is 0 Å². The summed E-state index contributed by atoms with van der Waals surface area (Å²) in [6.07, 6.45) is 0. The van der Waals surface area contributed by atoms with Crippen LogP contribution in [0.5, 0.6) is 5.75 Å². The summed E-state index contributed by atoms with van der Waals surface area (Å²) in [6, 6.07) is 1.79. The van der Waals surface area contributed by atoms with E-state index in [1.54, 1.807) is 6.07 Å². The summed E-state index contributed by atoms with van der Waals surface area (Å²) in [6.45, 7) is 10.0. The van der Waals surface area contributed by atoms with Crippen molar-refractivity contribution in [2.24, 2.45) is 5.11 Å². The number of hydrogen-bond donors (Lipinski definition) is 0. The van der Waals surface area contributed by atoms with E-state index in [1.165, 1.54) is 0 Å². The second-order valence-electron chi connectivity index (χ2n) is 5.73. The predicted molar refractivity (Wildman–Crippen MR) is 79.3 cm³/mol. The van der Waals surface area contributed by atoms with Crippen LogP contribution in [0.1, 0.15) is 47.8 Å². The average Bonchev–Trinajstić information content (AvgIpc) is 2.33. The summed E-state index contributed by atoms with van der Waals surface area (Å²) in [5.74, 6) is 0.220. The Morgan fingerprint density at radius 2 is 2.05 bits per heavy atom. The molecule has 105 valence electrons. The van der Waals surface area contributed by atoms with Crippen molar-refractivity contribution in [1.29, 1.82) is 0 Å². The Morgan fingerprint density at radius 3 is 2.50 bits per heavy atom. The van der Waals surface area contributed by atoms with Gasteiger partial charge in [-0.3, -0.25) is 4.79 Å². The Balaban J connectivity index is 3.50. The number of Topliss-reactive ketones (excluding diaryl/α,β-unsaturated/α-hetero) is 1. The van der Waals surface area contributed by atoms with E-state index in [2.05, 4.69) is 41.3 Å². The van der Waals surface area contributed by atoms with Crippen LogP contribution in [0.4, 0.5) is 0 Å². The molecular weight excluding hydrogens is 270 g/mol. The van der Waals surface area contributed by atoms with Crippen LogP contribution in [-0.4, -0.2) is 22.8 Å². The molecule has 0 aromatic heterocycles. The highest BCUT2D eigenvalue weighted by atomic mass is 28.2. The van der Waals surface area contributed by atoms with Crippen molar-refractivity contribution >= 4 is 16.3 Å². The fraction of sp³-hybridized carbons (Fsp3) is 0.500. The summed E-state index contributed by atoms with van der Waals surface area (Å²) in [4.78, 5) is 14.7. The monoisotopic (exact) mass is 288 g/mol. The molecule has 3 radical (unpaired) electrons. The molecule has 0 bridgehead atoms. The van der Waals surface area contributed by atoms with E-state index in [1.807, 2.05) is 13.8 Å². The molecule has 0 fully saturated rings. The fourth-order valence-electron chi connectivity index (χ4n) is 2.64. The Hall–Kier alpha value is -1.78. The first-order valence-corrected chi connectivity index (χ1v) is 6.67. The number of rotatable bonds is 4. The zero-order valence-electron chi connectivity index (χ0n) is 12.4. The van der Waals surface area contributed by atoms with E-state index in [0.29, 0.717) is 11.3 Å². The molecule has 0 spiro atoms. The van der Waals surface area contributed by atoms with Crippen LogP contribution in [0.25, 0.3) is 10.4 Å². The van der Waals surface area contributed by atoms with Crippen molar-refractivity contribution in [3.8, 4) is 5.75 Å². The molecule has 0 aliphatic rings. The van der Waals surface area contributed by atoms with Crippen LogP contribution in [0, 0.1) is 13.8 Å². The lowest BCUT2D eigenvalue weighted by molar-refractivity contribution is 0.0999. The summed E-state index contributed by atoms with van der Waals surface area (Å²) >= 11 is 0. The Kier molecular flexibility index (Phi) is 4.97. The second-order valence-corrected chi connectivity index (χ2v) is 5.94. The third kappa shape index (κ3) is 3.21. The van der Waals surface area contributed by atoms with E-state index in [9.17, 15) is 4.79 Å². The van der Waals surface area contributed by atoms with Gasteiger partial charge in [-0.2, -0.15) is 0 Å². The molecule has 6 heteroatoms. The van der Waals surface area contributed by atoms with Crippen molar-refractivity contribution in [3.05, 3.63) is 38.8 Å². The lowest BCUT2D eigenvalue weighted by Gasteiger charge is -2.27. The van der Waals surface area contributed by atoms with Gasteiger partial charge in [0.1, 0.15) is 5.75 Å². The van der Waals surface area contributed by atoms with Gasteiger partial charge in [0, 0.05) is 4.91 Å². The van der Waals surface area contributed by atoms with E-state index in [0.717, 1.165) is 16.7 Å². The first kappa shape index (κ1) is 16.3. The van der Waals surface area contributed by atoms with Crippen LogP contribution in [0.3, 0.4) is 0 Å². The first-order chi connectivity index (χ1) is 9.23. The Bertz CT molecular complexity index is 585. The van der Waals surface area contributed by atoms with Gasteiger partial charge in [0.2, 0.25) is 0 Å². The quantitative estimate of drug-likeness (QED) is 0.279. The maximum Gasteiger partial charge on any atom is 0.341 e. The fourth-order valence-corrected chi connectivity index (χ4v) is 2.90. The van der Waals surface area contributed by atoms with Gasteiger partial charge in [-0.1, -0.05) is 25.9 Å². The highest BCUT2D eigenvalue weighted by Gasteiger charge is 2.24. The van der Waals surface area contributed by atoms with E-state index >= 15 is 0 Å². The number of benzene rings is 1. The minimum Gasteiger partial charge on any atom is -0.540 e. The standard InChI is InChI=1S/C14H18N3O2Si/c1-8-6-10(11(18)7-16-17-15)13(19-20)9(2)12(8)14(3,4)5/h6H,7H2,1-5H3. The van der Waals surface area contributed by atoms with Crippen molar-refractivity contribution in [2.75, 3.05) is 6.54 Å². The first-order valence-electron chi connectivity index (χ1n) is 6.26. The number of carbonyl (C=O) groups excluding carboxylic acids is 1. The molecule has 0 heterocycles. The maximum absolute atomic E-state index is 12.1. The zero-order chi connectivity index (χ0) is 15.5. The molecule has 0 unspecified atom stereocenters. The van der Waals surface area contributed by atoms with Gasteiger partial charge in [-0.05, 0) is 47.6 Å². The minimum atomic E-state index is -0.261. The van der Waals surface area contributed by atoms with E-state index < -0.39 is 0 Å². The highest BCUT2D eigenvalue weighted by molar-refractivity contribution is 6.05. The van der Waals surface area contributed by atoms with Crippen LogP contribution in [-0.2, 0) is 5.41 Å². The smallest absolute Gasteiger partial charge is 0.341 e. The molecule has 1 rings (SSSR count). The van der Waals surface area contributed by atoms with Crippen LogP contribution >= 0.6 is 0 Å². The number of azide groups is 1. The summed E-state index contributed by atoms with van der Waals surface area (Å²) in [5.41, 5.74) is 11.8. The summed E-state index contributed by atoms with van der Waals surface area (Å²) in [7, 11) is 3.02. The topological polar surface area (TPSA) is 75.1 Å². The summed E-state index contributed by atoms with van der Waals surface area (Å²) < 4.78 is 5.22. The van der Waals surface area contributed by atoms with Gasteiger partial charge in [-0.15, -0.1) is 0 Å². The number of aryl methyl sites for hydroxylation is 1. The zero-order valence-corrected chi connectivity index (χ0v) is 13.4. The lowest BCUT2D eigenvalue weighted by atomic mass is 9.79. The van der Waals surface area contributed by atoms with Crippen molar-refractivity contribution in [2.45, 2.75) is 40.0 Å². The molecule has 0 aliphatic heterocycles. The molecule has 1 aromatic rings. The number of nitrogens with zero attached hydrogens (tertiary/aromatic N) is 3. The van der Waals surface area contributed by atoms with Gasteiger partial charge < -0.3 is 4.43 Å². The van der Waals surface area contributed by atoms with Crippen molar-refractivity contribution < 1.29 is 9.22 Å². The third-order valence-corrected chi connectivity index (χ3v) is 3.35. The van der Waals surface area contributed by atoms with Gasteiger partial charge in [0.25, 0.3) is 0 Å².